The van der Waals surface area contributed by atoms with Crippen molar-refractivity contribution < 1.29 is 14.4 Å². The maximum atomic E-state index is 13.3. The maximum absolute atomic E-state index is 13.3. The minimum atomic E-state index is -0.204. The van der Waals surface area contributed by atoms with Crippen molar-refractivity contribution in [1.82, 2.24) is 14.9 Å². The van der Waals surface area contributed by atoms with Crippen LogP contribution in [0.2, 0.25) is 0 Å². The average Bonchev–Trinajstić information content (AvgIpc) is 3.35. The molecule has 0 aromatic carbocycles. The van der Waals surface area contributed by atoms with Gasteiger partial charge in [0.25, 0.3) is 5.56 Å². The number of carbonyl (C=O) groups is 1. The van der Waals surface area contributed by atoms with Crippen molar-refractivity contribution in [2.24, 2.45) is 0 Å². The molecule has 7 nitrogen and oxygen atoms in total. The first-order chi connectivity index (χ1) is 13.2. The molecule has 0 spiro atoms. The number of likely N-dealkylation sites (N-methyl/N-ethyl adjacent to an activating group) is 1. The second-order valence-corrected chi connectivity index (χ2v) is 8.24. The number of aromatic nitrogens is 2. The van der Waals surface area contributed by atoms with Gasteiger partial charge in [-0.25, -0.2) is 4.98 Å². The minimum Gasteiger partial charge on any atom is -0.370 e. The fourth-order valence-corrected chi connectivity index (χ4v) is 5.03. The summed E-state index contributed by atoms with van der Waals surface area (Å²) in [6.45, 7) is 3.75. The van der Waals surface area contributed by atoms with Gasteiger partial charge < -0.3 is 15.0 Å². The minimum absolute atomic E-state index is 0.0168. The Labute approximate surface area is 164 Å². The summed E-state index contributed by atoms with van der Waals surface area (Å²) in [6, 6.07) is 3.97. The molecular weight excluding hydrogens is 384 g/mol. The molecule has 4 rings (SSSR count). The molecule has 0 unspecified atom stereocenters. The summed E-state index contributed by atoms with van der Waals surface area (Å²) in [5.74, 6) is 0.456. The summed E-state index contributed by atoms with van der Waals surface area (Å²) >= 11 is 3.08. The highest BCUT2D eigenvalue weighted by Crippen LogP contribution is 2.33. The Morgan fingerprint density at radius 3 is 2.89 bits per heavy atom. The summed E-state index contributed by atoms with van der Waals surface area (Å²) in [5.41, 5.74) is 0.759. The van der Waals surface area contributed by atoms with Crippen molar-refractivity contribution in [3.63, 3.8) is 0 Å². The standard InChI is InChI=1S/C18H20N4O3S2/c1-19-15(23)10-22-14(9-21-4-6-25-7-5-21)20-17-16(18(22)24)12(11-27-17)13-3-2-8-26-13/h2-3,8,11H,4-7,9-10H2,1H3,(H,19,23)/p+1. The van der Waals surface area contributed by atoms with Gasteiger partial charge in [0.2, 0.25) is 5.91 Å². The Morgan fingerprint density at radius 2 is 2.19 bits per heavy atom. The lowest BCUT2D eigenvalue weighted by Crippen LogP contribution is -3.13. The summed E-state index contributed by atoms with van der Waals surface area (Å²) in [5, 5.41) is 7.19. The molecule has 1 amide bonds. The second kappa shape index (κ2) is 7.89. The van der Waals surface area contributed by atoms with E-state index in [1.807, 2.05) is 22.9 Å². The zero-order valence-corrected chi connectivity index (χ0v) is 16.6. The van der Waals surface area contributed by atoms with Crippen LogP contribution in [0.1, 0.15) is 5.82 Å². The molecular formula is C18H21N4O3S2+. The quantitative estimate of drug-likeness (QED) is 0.642. The van der Waals surface area contributed by atoms with E-state index in [-0.39, 0.29) is 18.0 Å². The number of hydrogen-bond acceptors (Lipinski definition) is 6. The molecule has 0 atom stereocenters. The lowest BCUT2D eigenvalue weighted by molar-refractivity contribution is -0.922. The molecule has 9 heteroatoms. The molecule has 142 valence electrons. The van der Waals surface area contributed by atoms with E-state index in [1.165, 1.54) is 20.8 Å². The molecule has 0 aliphatic carbocycles. The van der Waals surface area contributed by atoms with Crippen LogP contribution < -0.4 is 15.8 Å². The topological polar surface area (TPSA) is 77.7 Å². The summed E-state index contributed by atoms with van der Waals surface area (Å²) in [4.78, 5) is 33.3. The van der Waals surface area contributed by atoms with E-state index in [4.69, 9.17) is 9.72 Å². The van der Waals surface area contributed by atoms with Gasteiger partial charge in [-0.05, 0) is 11.4 Å². The summed E-state index contributed by atoms with van der Waals surface area (Å²) < 4.78 is 6.95. The smallest absolute Gasteiger partial charge is 0.263 e. The Bertz CT molecular complexity index is 1000. The largest absolute Gasteiger partial charge is 0.370 e. The van der Waals surface area contributed by atoms with Gasteiger partial charge in [0.05, 0.1) is 18.6 Å². The van der Waals surface area contributed by atoms with Crippen LogP contribution in [0, 0.1) is 0 Å². The van der Waals surface area contributed by atoms with E-state index in [9.17, 15) is 9.59 Å². The number of thiophene rings is 2. The lowest BCUT2D eigenvalue weighted by atomic mass is 10.2. The van der Waals surface area contributed by atoms with Gasteiger partial charge in [-0.2, -0.15) is 0 Å². The SMILES string of the molecule is CNC(=O)Cn1c(C[NH+]2CCOCC2)nc2scc(-c3cccs3)c2c1=O. The molecule has 2 N–H and O–H groups in total. The van der Waals surface area contributed by atoms with Crippen molar-refractivity contribution in [1.29, 1.82) is 0 Å². The third-order valence-electron chi connectivity index (χ3n) is 4.75. The van der Waals surface area contributed by atoms with Crippen LogP contribution in [0.3, 0.4) is 0 Å². The van der Waals surface area contributed by atoms with Gasteiger partial charge in [0.1, 0.15) is 31.0 Å². The molecule has 3 aromatic rings. The number of ether oxygens (including phenoxy) is 1. The van der Waals surface area contributed by atoms with E-state index in [1.54, 1.807) is 18.4 Å². The van der Waals surface area contributed by atoms with E-state index in [2.05, 4.69) is 5.32 Å². The fraction of sp³-hybridized carbons (Fsp3) is 0.389. The highest BCUT2D eigenvalue weighted by atomic mass is 32.1. The molecule has 1 aliphatic rings. The Balaban J connectivity index is 1.82. The molecule has 27 heavy (non-hydrogen) atoms. The number of carbonyl (C=O) groups excluding carboxylic acids is 1. The molecule has 1 aliphatic heterocycles. The van der Waals surface area contributed by atoms with Gasteiger partial charge in [-0.3, -0.25) is 14.2 Å². The van der Waals surface area contributed by atoms with Gasteiger partial charge in [-0.1, -0.05) is 6.07 Å². The third kappa shape index (κ3) is 3.68. The third-order valence-corrected chi connectivity index (χ3v) is 6.52. The van der Waals surface area contributed by atoms with Gasteiger partial charge in [0, 0.05) is 22.9 Å². The number of nitrogens with zero attached hydrogens (tertiary/aromatic N) is 2. The first-order valence-corrected chi connectivity index (χ1v) is 10.6. The predicted octanol–water partition coefficient (Wildman–Crippen LogP) is 0.348. The normalized spacial score (nSPS) is 15.3. The van der Waals surface area contributed by atoms with Crippen LogP contribution >= 0.6 is 22.7 Å². The maximum Gasteiger partial charge on any atom is 0.263 e. The molecule has 1 fully saturated rings. The average molecular weight is 406 g/mol. The first kappa shape index (κ1) is 18.3. The lowest BCUT2D eigenvalue weighted by Gasteiger charge is -2.24. The van der Waals surface area contributed by atoms with Gasteiger partial charge >= 0.3 is 0 Å². The summed E-state index contributed by atoms with van der Waals surface area (Å²) in [6.07, 6.45) is 0. The summed E-state index contributed by atoms with van der Waals surface area (Å²) in [7, 11) is 1.58. The van der Waals surface area contributed by atoms with Gasteiger partial charge in [0.15, 0.2) is 5.82 Å². The van der Waals surface area contributed by atoms with Crippen molar-refractivity contribution >= 4 is 38.8 Å². The zero-order chi connectivity index (χ0) is 18.8. The molecule has 0 saturated carbocycles. The molecule has 0 radical (unpaired) electrons. The molecule has 1 saturated heterocycles. The monoisotopic (exact) mass is 405 g/mol. The first-order valence-electron chi connectivity index (χ1n) is 8.84. The fourth-order valence-electron chi connectivity index (χ4n) is 3.26. The zero-order valence-electron chi connectivity index (χ0n) is 15.0. The van der Waals surface area contributed by atoms with E-state index >= 15 is 0 Å². The van der Waals surface area contributed by atoms with Crippen LogP contribution in [0.25, 0.3) is 20.7 Å². The number of morpholine rings is 1. The number of rotatable bonds is 5. The van der Waals surface area contributed by atoms with Crippen molar-refractivity contribution in [3.8, 4) is 10.4 Å². The van der Waals surface area contributed by atoms with E-state index < -0.39 is 0 Å². The van der Waals surface area contributed by atoms with Crippen LogP contribution in [-0.2, 0) is 22.6 Å². The Kier molecular flexibility index (Phi) is 5.35. The van der Waals surface area contributed by atoms with Crippen LogP contribution in [0.15, 0.2) is 27.7 Å². The van der Waals surface area contributed by atoms with Crippen LogP contribution in [0.5, 0.6) is 0 Å². The van der Waals surface area contributed by atoms with Crippen molar-refractivity contribution in [3.05, 3.63) is 39.1 Å². The van der Waals surface area contributed by atoms with E-state index in [0.29, 0.717) is 31.0 Å². The molecule has 0 bridgehead atoms. The number of nitrogens with one attached hydrogen (secondary N) is 2. The van der Waals surface area contributed by atoms with E-state index in [0.717, 1.165) is 28.4 Å². The number of quaternary nitrogens is 1. The number of amides is 1. The van der Waals surface area contributed by atoms with Crippen molar-refractivity contribution in [2.45, 2.75) is 13.1 Å². The van der Waals surface area contributed by atoms with Crippen LogP contribution in [0.4, 0.5) is 0 Å². The number of hydrogen-bond donors (Lipinski definition) is 2. The highest BCUT2D eigenvalue weighted by molar-refractivity contribution is 7.18. The molecule has 3 aromatic heterocycles. The Hall–Kier alpha value is -2.07. The molecule has 4 heterocycles. The van der Waals surface area contributed by atoms with Crippen LogP contribution in [-0.4, -0.2) is 48.8 Å². The van der Waals surface area contributed by atoms with Gasteiger partial charge in [-0.15, -0.1) is 22.7 Å². The highest BCUT2D eigenvalue weighted by Gasteiger charge is 2.22. The predicted molar refractivity (Wildman–Crippen MR) is 106 cm³/mol. The second-order valence-electron chi connectivity index (χ2n) is 6.44. The van der Waals surface area contributed by atoms with Crippen molar-refractivity contribution in [2.75, 3.05) is 33.4 Å². The number of fused-ring (bicyclic) bond motifs is 1. The Morgan fingerprint density at radius 1 is 1.37 bits per heavy atom.